The molecule has 12 bridgehead atoms. The summed E-state index contributed by atoms with van der Waals surface area (Å²) in [7, 11) is -17.5. The minimum Gasteiger partial charge on any atom is -0.504 e. The van der Waals surface area contributed by atoms with Gasteiger partial charge in [-0.3, -0.25) is 14.4 Å². The number of hydrogen-bond donors (Lipinski definition) is 7. The third kappa shape index (κ3) is 17.5. The number of carbonyl (C=O) groups excluding carboxylic acids is 3. The van der Waals surface area contributed by atoms with Gasteiger partial charge in [-0.2, -0.15) is 33.7 Å². The Balaban J connectivity index is 0.000000121. The first-order chi connectivity index (χ1) is 69.2. The molecule has 144 heavy (non-hydrogen) atoms. The summed E-state index contributed by atoms with van der Waals surface area (Å²) in [6.07, 6.45) is 32.7. The molecule has 41 heteroatoms. The number of benzene rings is 1. The van der Waals surface area contributed by atoms with Crippen LogP contribution in [0.15, 0.2) is 160 Å². The third-order valence-electron chi connectivity index (χ3n) is 34.4. The van der Waals surface area contributed by atoms with Crippen LogP contribution < -0.4 is 63.2 Å². The second kappa shape index (κ2) is 34.7. The zero-order valence-electron chi connectivity index (χ0n) is 82.9. The number of aromatic hydroxyl groups is 1. The van der Waals surface area contributed by atoms with Crippen LogP contribution in [0.25, 0.3) is 17.5 Å². The van der Waals surface area contributed by atoms with Crippen LogP contribution in [-0.2, 0) is 40.2 Å². The Morgan fingerprint density at radius 1 is 0.424 bits per heavy atom. The molecule has 15 aliphatic rings. The van der Waals surface area contributed by atoms with Gasteiger partial charge in [0.25, 0.3) is 47.8 Å². The fourth-order valence-corrected chi connectivity index (χ4v) is 30.3. The second-order valence-electron chi connectivity index (χ2n) is 44.6. The number of pyridine rings is 6. The van der Waals surface area contributed by atoms with Gasteiger partial charge in [0.1, 0.15) is 28.2 Å². The quantitative estimate of drug-likeness (QED) is 0.0392. The van der Waals surface area contributed by atoms with Gasteiger partial charge in [0.2, 0.25) is 17.6 Å². The topological polar surface area (TPSA) is 458 Å². The van der Waals surface area contributed by atoms with Crippen LogP contribution in [0.2, 0.25) is 0 Å². The van der Waals surface area contributed by atoms with Crippen molar-refractivity contribution in [2.24, 2.45) is 68.0 Å². The van der Waals surface area contributed by atoms with E-state index in [0.717, 1.165) is 100 Å². The highest BCUT2D eigenvalue weighted by Gasteiger charge is 2.87. The van der Waals surface area contributed by atoms with Crippen molar-refractivity contribution in [3.63, 3.8) is 0 Å². The highest BCUT2D eigenvalue weighted by atomic mass is 32.2. The molecule has 3 saturated heterocycles. The number of aromatic nitrogens is 12. The van der Waals surface area contributed by atoms with Crippen molar-refractivity contribution < 1.29 is 72.9 Å². The van der Waals surface area contributed by atoms with E-state index >= 15 is 0 Å². The fourth-order valence-electron chi connectivity index (χ4n) is 26.6. The van der Waals surface area contributed by atoms with Gasteiger partial charge in [0.05, 0.1) is 37.9 Å². The summed E-state index contributed by atoms with van der Waals surface area (Å²) in [6, 6.07) is 28.8. The Morgan fingerprint density at radius 3 is 1.15 bits per heavy atom. The maximum Gasteiger partial charge on any atom is 0.339 e. The summed E-state index contributed by atoms with van der Waals surface area (Å²) in [5, 5.41) is 32.2. The van der Waals surface area contributed by atoms with Gasteiger partial charge in [-0.15, -0.1) is 15.3 Å². The zero-order valence-corrected chi connectivity index (χ0v) is 85.2. The predicted molar refractivity (Wildman–Crippen MR) is 534 cm³/mol. The molecule has 6 aliphatic heterocycles. The van der Waals surface area contributed by atoms with Crippen molar-refractivity contribution in [1.29, 1.82) is 0 Å². The van der Waals surface area contributed by atoms with Gasteiger partial charge >= 0.3 is 10.1 Å². The number of nitrogens with one attached hydrogen (secondary N) is 6. The molecule has 15 heterocycles. The molecule has 7 N–H and O–H groups in total. The molecule has 760 valence electrons. The molecule has 9 aromatic heterocycles. The van der Waals surface area contributed by atoms with E-state index in [2.05, 4.69) is 117 Å². The smallest absolute Gasteiger partial charge is 0.339 e. The van der Waals surface area contributed by atoms with Crippen LogP contribution in [0, 0.1) is 74.9 Å². The number of amides is 3. The van der Waals surface area contributed by atoms with E-state index in [0.29, 0.717) is 162 Å². The van der Waals surface area contributed by atoms with Gasteiger partial charge in [0.15, 0.2) is 55.7 Å². The number of anilines is 6. The summed E-state index contributed by atoms with van der Waals surface area (Å²) >= 11 is 0. The predicted octanol–water partition coefficient (Wildman–Crippen LogP) is 14.4. The Hall–Kier alpha value is -12.2. The molecule has 10 aromatic rings. The third-order valence-corrected chi connectivity index (χ3v) is 39.3. The molecule has 0 unspecified atom stereocenters. The summed E-state index contributed by atoms with van der Waals surface area (Å²) < 4.78 is 150. The molecule has 6 spiro atoms. The van der Waals surface area contributed by atoms with E-state index < -0.39 is 68.5 Å². The molecular formula is C103H123N21O16S4. The lowest BCUT2D eigenvalue weighted by Crippen LogP contribution is -2.41. The lowest BCUT2D eigenvalue weighted by molar-refractivity contribution is 0.0972. The van der Waals surface area contributed by atoms with Crippen LogP contribution in [0.5, 0.6) is 29.1 Å². The lowest BCUT2D eigenvalue weighted by atomic mass is 9.93. The standard InChI is InChI=1S/C39H45N7O7S2.C32H39N7O5S.C32H39N7O4S/c1-25-6-8-27(9-7-25)55(50,51)53-29-11-13-33-42-34(29)40-20-4-5-26-23-37(2,3)45(24-26)35-28(36(47)44-54(33,48)49)10-12-31(41-35)46-21-14-32(43-46)52-22-15-30-38(16-17-38)39(30)18-19-39;1-30(2)18-20-4-3-15-33-27-22(40)6-8-26(35-27)45(42,43)37-29(41)21-5-7-24(34-28(21)38(30)19-20)39-16-9-25(36-39)44-17-10-23-31(11-12-31)32(23)13-14-32;1-30(2)19-21-5-4-16-33-24-6-3-7-27(34-24)44(41,42)37-29(40)22-8-9-25(35-28(22)38(30)20-21)39-17-10-26(36-39)43-18-11-23-31(12-13-31)32(23)14-15-32/h6-14,21,26,30H,4-5,15-20,22-24H2,1-3H3,(H,40,42)(H,44,47);5-9,16,20,23,40H,3-4,10-15,17-19H2,1-2H3,(H,33,35)(H,37,41);3,6-10,17,21,23H,4-5,11-16,18-20H2,1-2H3,(H,33,34)(H,37,40)/t26-;20-;21-/m000/s1/i;;6D. The molecular weight excluding hydrogens is 1920 g/mol. The van der Waals surface area contributed by atoms with Gasteiger partial charge in [-0.05, 0) is 355 Å². The average molecular weight is 2040 g/mol. The Labute approximate surface area is 839 Å². The molecule has 37 nitrogen and oxygen atoms in total. The zero-order chi connectivity index (χ0) is 101. The van der Waals surface area contributed by atoms with Crippen LogP contribution in [-0.4, -0.2) is 191 Å². The first-order valence-electron chi connectivity index (χ1n) is 51.3. The van der Waals surface area contributed by atoms with Gasteiger partial charge in [-0.1, -0.05) is 23.8 Å². The number of ether oxygens (including phenoxy) is 3. The van der Waals surface area contributed by atoms with E-state index in [1.54, 1.807) is 81.2 Å². The average Bonchev–Trinajstić information content (AvgIpc) is 1.45. The lowest BCUT2D eigenvalue weighted by Gasteiger charge is -2.34. The highest BCUT2D eigenvalue weighted by Crippen LogP contribution is 2.95. The maximum absolute atomic E-state index is 14.0. The number of fused-ring (bicyclic) bond motifs is 21. The number of aryl methyl sites for hydroxylation is 1. The molecule has 9 aliphatic carbocycles. The molecule has 3 amide bonds. The molecule has 0 radical (unpaired) electrons. The van der Waals surface area contributed by atoms with E-state index in [-0.39, 0.29) is 83.6 Å². The van der Waals surface area contributed by atoms with E-state index in [1.807, 2.05) is 25.1 Å². The molecule has 3 atom stereocenters. The second-order valence-corrected chi connectivity index (χ2v) is 51.0. The number of carbonyl (C=O) groups is 3. The normalized spacial score (nSPS) is 24.4. The minimum absolute atomic E-state index is 0.0575. The molecule has 9 saturated carbocycles. The largest absolute Gasteiger partial charge is 0.504 e. The monoisotopic (exact) mass is 2040 g/mol. The van der Waals surface area contributed by atoms with Gasteiger partial charge in [0, 0.05) is 92.7 Å². The number of hydrogen-bond acceptors (Lipinski definition) is 31. The Kier molecular flexibility index (Phi) is 22.7. The van der Waals surface area contributed by atoms with E-state index in [9.17, 15) is 53.2 Å². The van der Waals surface area contributed by atoms with Crippen molar-refractivity contribution in [3.8, 4) is 46.6 Å². The van der Waals surface area contributed by atoms with Crippen LogP contribution >= 0.6 is 0 Å². The summed E-state index contributed by atoms with van der Waals surface area (Å²) in [6.45, 7) is 19.8. The Morgan fingerprint density at radius 2 is 0.771 bits per heavy atom. The van der Waals surface area contributed by atoms with Crippen molar-refractivity contribution >= 4 is 92.8 Å². The summed E-state index contributed by atoms with van der Waals surface area (Å²) in [5.74, 6) is 4.85. The van der Waals surface area contributed by atoms with E-state index in [1.165, 1.54) is 120 Å². The fraction of sp³-hybridized carbons (Fsp3) is 0.534. The summed E-state index contributed by atoms with van der Waals surface area (Å²) in [4.78, 5) is 74.8. The van der Waals surface area contributed by atoms with Crippen LogP contribution in [0.4, 0.5) is 34.9 Å². The van der Waals surface area contributed by atoms with Gasteiger partial charge < -0.3 is 54.2 Å². The van der Waals surface area contributed by atoms with Crippen molar-refractivity contribution in [3.05, 3.63) is 162 Å². The first-order valence-corrected chi connectivity index (χ1v) is 56.6. The SMILES string of the molecule is CC1(C)C[C@@H]2CCCNc3nc(ccc3O)S(=O)(=O)NC(=O)c3ccc(-n4ccc(OCCC5C6(CC6)C56CC6)n4)nc3N1C2.Cc1ccc(S(=O)(=O)Oc2ccc3nc2NCCC[C@@H]2CN(c4nc(-n5ccc(OCCC6C7(CC7)C67CC7)n5)ccc4C(=O)NS3(=O)=O)C(C)(C)C2)cc1.[2H]c1ccc2nc1NCCC[C@@H]1CN(c3nc(-n4ccc(OCCC5C6(CC6)C56CC6)n4)ccc3C(=O)NS2(=O)=O)C(C)(C)C1. The highest BCUT2D eigenvalue weighted by molar-refractivity contribution is 7.90. The van der Waals surface area contributed by atoms with Crippen molar-refractivity contribution in [1.82, 2.24) is 73.4 Å². The number of nitrogens with zero attached hydrogens (tertiary/aromatic N) is 15. The Bertz CT molecular complexity index is 7040. The van der Waals surface area contributed by atoms with Crippen molar-refractivity contribution in [2.45, 2.75) is 239 Å². The molecule has 1 aromatic carbocycles. The number of sulfonamides is 3. The van der Waals surface area contributed by atoms with Gasteiger partial charge in [-0.25, -0.2) is 58.1 Å². The van der Waals surface area contributed by atoms with Crippen LogP contribution in [0.3, 0.4) is 0 Å². The molecule has 25 rings (SSSR count). The summed E-state index contributed by atoms with van der Waals surface area (Å²) in [5.41, 5.74) is 4.06. The first kappa shape index (κ1) is 94.1. The van der Waals surface area contributed by atoms with Crippen LogP contribution in [0.1, 0.15) is 234 Å². The van der Waals surface area contributed by atoms with Crippen molar-refractivity contribution in [2.75, 3.05) is 89.7 Å². The molecule has 12 fully saturated rings. The maximum atomic E-state index is 14.0. The van der Waals surface area contributed by atoms with E-state index in [4.69, 9.17) is 34.7 Å². The number of rotatable bonds is 18. The minimum atomic E-state index is -4.54.